The molecule has 0 aliphatic heterocycles. The third kappa shape index (κ3) is 7.21. The molecule has 0 bridgehead atoms. The molecule has 0 unspecified atom stereocenters. The lowest BCUT2D eigenvalue weighted by Gasteiger charge is -2.21. The number of H-pyrrole nitrogens is 1. The van der Waals surface area contributed by atoms with E-state index in [2.05, 4.69) is 9.72 Å². The molecule has 3 aromatic rings. The fraction of sp³-hybridized carbons (Fsp3) is 0.280. The molecule has 1 fully saturated rings. The SMILES string of the molecule is O=C(O[C@@H](Cc1c(Cl)c[nH+]cc1Cl)c1ccc(OC(F)F)c(OCC2CC2)c1)Sc1ccccc1F. The second-order valence-electron chi connectivity index (χ2n) is 8.06. The molecule has 1 saturated carbocycles. The van der Waals surface area contributed by atoms with Crippen LogP contribution in [0.3, 0.4) is 0 Å². The van der Waals surface area contributed by atoms with Crippen LogP contribution in [-0.4, -0.2) is 18.5 Å². The summed E-state index contributed by atoms with van der Waals surface area (Å²) in [5.74, 6) is -0.242. The second-order valence-corrected chi connectivity index (χ2v) is 9.85. The number of benzene rings is 2. The normalized spacial score (nSPS) is 13.9. The van der Waals surface area contributed by atoms with E-state index in [1.807, 2.05) is 0 Å². The van der Waals surface area contributed by atoms with Crippen LogP contribution in [0.15, 0.2) is 59.8 Å². The van der Waals surface area contributed by atoms with Gasteiger partial charge >= 0.3 is 11.9 Å². The molecule has 1 heterocycles. The summed E-state index contributed by atoms with van der Waals surface area (Å²) in [5.41, 5.74) is 0.934. The Morgan fingerprint density at radius 3 is 2.47 bits per heavy atom. The summed E-state index contributed by atoms with van der Waals surface area (Å²) in [6, 6.07) is 10.1. The molecule has 36 heavy (non-hydrogen) atoms. The lowest BCUT2D eigenvalue weighted by atomic mass is 10.0. The Morgan fingerprint density at radius 2 is 1.81 bits per heavy atom. The van der Waals surface area contributed by atoms with Crippen LogP contribution in [0.4, 0.5) is 18.0 Å². The average molecular weight is 559 g/mol. The first-order valence-electron chi connectivity index (χ1n) is 11.0. The molecule has 0 radical (unpaired) electrons. The monoisotopic (exact) mass is 558 g/mol. The lowest BCUT2D eigenvalue weighted by Crippen LogP contribution is -2.14. The summed E-state index contributed by atoms with van der Waals surface area (Å²) < 4.78 is 56.0. The van der Waals surface area contributed by atoms with Crippen molar-refractivity contribution < 1.29 is 37.2 Å². The van der Waals surface area contributed by atoms with Crippen molar-refractivity contribution in [3.63, 3.8) is 0 Å². The third-order valence-corrected chi connectivity index (χ3v) is 6.87. The van der Waals surface area contributed by atoms with Gasteiger partial charge in [0.1, 0.15) is 22.0 Å². The third-order valence-electron chi connectivity index (χ3n) is 5.38. The number of alkyl halides is 2. The molecule has 1 aliphatic carbocycles. The standard InChI is InChI=1S/C25H20Cl2F3NO4S/c26-17-11-31-12-18(27)16(17)10-21(35-25(32)36-23-4-2-1-3-19(23)28)15-7-8-20(34-24(29)30)22(9-15)33-13-14-5-6-14/h1-4,7-9,11-12,14,21,24H,5-6,10,13H2/p+1/t21-/m0/s1. The largest absolute Gasteiger partial charge is 0.489 e. The van der Waals surface area contributed by atoms with Crippen molar-refractivity contribution >= 4 is 40.3 Å². The van der Waals surface area contributed by atoms with Crippen molar-refractivity contribution in [1.82, 2.24) is 0 Å². The van der Waals surface area contributed by atoms with Gasteiger partial charge in [-0.1, -0.05) is 41.4 Å². The van der Waals surface area contributed by atoms with Crippen molar-refractivity contribution in [2.75, 3.05) is 6.61 Å². The molecule has 0 spiro atoms. The minimum Gasteiger partial charge on any atom is -0.489 e. The Morgan fingerprint density at radius 1 is 1.08 bits per heavy atom. The van der Waals surface area contributed by atoms with Crippen LogP contribution in [0.2, 0.25) is 10.0 Å². The Balaban J connectivity index is 1.64. The van der Waals surface area contributed by atoms with Gasteiger partial charge in [-0.25, -0.2) is 14.2 Å². The number of halogens is 5. The number of ether oxygens (including phenoxy) is 3. The van der Waals surface area contributed by atoms with E-state index in [1.54, 1.807) is 6.07 Å². The summed E-state index contributed by atoms with van der Waals surface area (Å²) in [5, 5.41) is -0.144. The van der Waals surface area contributed by atoms with Crippen molar-refractivity contribution in [3.8, 4) is 11.5 Å². The molecule has 1 atom stereocenters. The predicted molar refractivity (Wildman–Crippen MR) is 129 cm³/mol. The first-order valence-corrected chi connectivity index (χ1v) is 12.6. The van der Waals surface area contributed by atoms with Crippen molar-refractivity contribution in [2.24, 2.45) is 5.92 Å². The van der Waals surface area contributed by atoms with Gasteiger partial charge < -0.3 is 14.2 Å². The van der Waals surface area contributed by atoms with E-state index in [0.29, 0.717) is 45.5 Å². The van der Waals surface area contributed by atoms with E-state index in [0.717, 1.165) is 12.8 Å². The van der Waals surface area contributed by atoms with Crippen LogP contribution in [-0.2, 0) is 11.2 Å². The number of rotatable bonds is 10. The Bertz CT molecular complexity index is 1210. The quantitative estimate of drug-likeness (QED) is 0.190. The van der Waals surface area contributed by atoms with Crippen molar-refractivity contribution in [1.29, 1.82) is 0 Å². The summed E-state index contributed by atoms with van der Waals surface area (Å²) in [4.78, 5) is 15.7. The van der Waals surface area contributed by atoms with E-state index in [1.165, 1.54) is 48.8 Å². The molecule has 2 aromatic carbocycles. The Labute approximate surface area is 219 Å². The van der Waals surface area contributed by atoms with Gasteiger partial charge in [-0.2, -0.15) is 8.78 Å². The van der Waals surface area contributed by atoms with Gasteiger partial charge in [0.15, 0.2) is 23.9 Å². The molecular weight excluding hydrogens is 538 g/mol. The van der Waals surface area contributed by atoms with Gasteiger partial charge in [0.2, 0.25) is 0 Å². The maximum absolute atomic E-state index is 14.1. The molecule has 1 aromatic heterocycles. The fourth-order valence-electron chi connectivity index (χ4n) is 3.36. The number of pyridine rings is 1. The number of hydrogen-bond acceptors (Lipinski definition) is 5. The number of carbonyl (C=O) groups is 1. The lowest BCUT2D eigenvalue weighted by molar-refractivity contribution is -0.377. The van der Waals surface area contributed by atoms with Crippen LogP contribution in [0.25, 0.3) is 0 Å². The highest BCUT2D eigenvalue weighted by atomic mass is 35.5. The first kappa shape index (κ1) is 26.4. The van der Waals surface area contributed by atoms with Gasteiger partial charge in [-0.05, 0) is 60.4 Å². The number of aromatic amines is 1. The van der Waals surface area contributed by atoms with E-state index in [-0.39, 0.29) is 22.8 Å². The zero-order chi connectivity index (χ0) is 25.7. The number of thioether (sulfide) groups is 1. The van der Waals surface area contributed by atoms with Gasteiger partial charge in [0.25, 0.3) is 0 Å². The Hall–Kier alpha value is -2.62. The smallest absolute Gasteiger partial charge is 0.387 e. The van der Waals surface area contributed by atoms with E-state index in [4.69, 9.17) is 32.7 Å². The van der Waals surface area contributed by atoms with Crippen LogP contribution in [0.1, 0.15) is 30.1 Å². The molecule has 5 nitrogen and oxygen atoms in total. The van der Waals surface area contributed by atoms with Gasteiger partial charge in [-0.15, -0.1) is 0 Å². The molecule has 11 heteroatoms. The van der Waals surface area contributed by atoms with Crippen LogP contribution in [0.5, 0.6) is 11.5 Å². The number of carbonyl (C=O) groups excluding carboxylic acids is 1. The highest BCUT2D eigenvalue weighted by Crippen LogP contribution is 2.38. The molecule has 1 aliphatic rings. The molecule has 0 amide bonds. The minimum absolute atomic E-state index is 0.0625. The molecule has 190 valence electrons. The Kier molecular flexibility index (Phi) is 8.87. The van der Waals surface area contributed by atoms with Crippen LogP contribution in [0, 0.1) is 11.7 Å². The molecular formula is C25H21Cl2F3NO4S+. The van der Waals surface area contributed by atoms with Crippen molar-refractivity contribution in [3.05, 3.63) is 81.8 Å². The highest BCUT2D eigenvalue weighted by Gasteiger charge is 2.26. The van der Waals surface area contributed by atoms with Crippen LogP contribution >= 0.6 is 35.0 Å². The van der Waals surface area contributed by atoms with Gasteiger partial charge in [0, 0.05) is 12.0 Å². The topological polar surface area (TPSA) is 58.9 Å². The highest BCUT2D eigenvalue weighted by molar-refractivity contribution is 8.13. The maximum atomic E-state index is 14.1. The van der Waals surface area contributed by atoms with E-state index >= 15 is 0 Å². The molecule has 1 N–H and O–H groups in total. The summed E-state index contributed by atoms with van der Waals surface area (Å²) in [6.07, 6.45) is 4.17. The predicted octanol–water partition coefficient (Wildman–Crippen LogP) is 7.55. The zero-order valence-corrected chi connectivity index (χ0v) is 21.0. The van der Waals surface area contributed by atoms with Crippen molar-refractivity contribution in [2.45, 2.75) is 36.9 Å². The minimum atomic E-state index is -3.04. The number of nitrogens with one attached hydrogen (secondary N) is 1. The first-order chi connectivity index (χ1) is 17.3. The summed E-state index contributed by atoms with van der Waals surface area (Å²) in [7, 11) is 0. The molecule has 0 saturated heterocycles. The second kappa shape index (κ2) is 12.1. The average Bonchev–Trinajstić information content (AvgIpc) is 3.66. The fourth-order valence-corrected chi connectivity index (χ4v) is 4.55. The number of hydrogen-bond donors (Lipinski definition) is 0. The van der Waals surface area contributed by atoms with Gasteiger partial charge in [-0.3, -0.25) is 0 Å². The zero-order valence-electron chi connectivity index (χ0n) is 18.7. The summed E-state index contributed by atoms with van der Waals surface area (Å²) >= 11 is 13.2. The number of aromatic nitrogens is 1. The maximum Gasteiger partial charge on any atom is 0.387 e. The van der Waals surface area contributed by atoms with E-state index < -0.39 is 23.8 Å². The van der Waals surface area contributed by atoms with Crippen LogP contribution < -0.4 is 14.5 Å². The summed E-state index contributed by atoms with van der Waals surface area (Å²) in [6.45, 7) is -2.69. The molecule has 4 rings (SSSR count). The van der Waals surface area contributed by atoms with E-state index in [9.17, 15) is 18.0 Å². The van der Waals surface area contributed by atoms with Gasteiger partial charge in [0.05, 0.1) is 11.5 Å².